The van der Waals surface area contributed by atoms with Crippen molar-refractivity contribution in [1.29, 1.82) is 0 Å². The molecule has 0 aliphatic rings. The lowest BCUT2D eigenvalue weighted by Gasteiger charge is -2.14. The zero-order valence-corrected chi connectivity index (χ0v) is 18.9. The van der Waals surface area contributed by atoms with E-state index in [0.29, 0.717) is 17.0 Å². The van der Waals surface area contributed by atoms with E-state index < -0.39 is 18.0 Å². The summed E-state index contributed by atoms with van der Waals surface area (Å²) in [5.74, 6) is -1.50. The van der Waals surface area contributed by atoms with E-state index in [1.54, 1.807) is 36.4 Å². The van der Waals surface area contributed by atoms with Crippen molar-refractivity contribution in [3.63, 3.8) is 0 Å². The van der Waals surface area contributed by atoms with E-state index in [-0.39, 0.29) is 22.4 Å². The van der Waals surface area contributed by atoms with Crippen LogP contribution in [0.4, 0.5) is 0 Å². The van der Waals surface area contributed by atoms with Gasteiger partial charge in [-0.25, -0.2) is 9.59 Å². The summed E-state index contributed by atoms with van der Waals surface area (Å²) in [6.07, 6.45) is 4.91. The summed E-state index contributed by atoms with van der Waals surface area (Å²) >= 11 is 12.2. The normalized spacial score (nSPS) is 13.3. The summed E-state index contributed by atoms with van der Waals surface area (Å²) < 4.78 is 10.6. The number of carboxylic acid groups (broad SMARTS) is 1. The average molecular weight is 464 g/mol. The number of aliphatic imine (C=N–C) groups is 1. The first kappa shape index (κ1) is 24.4. The van der Waals surface area contributed by atoms with Gasteiger partial charge >= 0.3 is 11.9 Å². The van der Waals surface area contributed by atoms with Crippen molar-refractivity contribution in [2.75, 3.05) is 7.11 Å². The Labute approximate surface area is 191 Å². The molecule has 0 aromatic heterocycles. The highest BCUT2D eigenvalue weighted by Gasteiger charge is 2.22. The zero-order chi connectivity index (χ0) is 23.0. The summed E-state index contributed by atoms with van der Waals surface area (Å²) in [6, 6.07) is 9.21. The number of carboxylic acids is 1. The van der Waals surface area contributed by atoms with Crippen LogP contribution in [0, 0.1) is 5.92 Å². The minimum absolute atomic E-state index is 0.0544. The molecule has 31 heavy (non-hydrogen) atoms. The SMILES string of the molecule is CCC(C)C(/N=C/c1cc(Cl)c(OC(=O)/C=C/c2cccc(Cl)c2)c(OC)c1)C(=O)O. The molecule has 0 fully saturated rings. The molecule has 0 amide bonds. The molecule has 0 heterocycles. The highest BCUT2D eigenvalue weighted by atomic mass is 35.5. The number of hydrogen-bond acceptors (Lipinski definition) is 5. The summed E-state index contributed by atoms with van der Waals surface area (Å²) in [6.45, 7) is 3.73. The molecule has 2 aromatic rings. The van der Waals surface area contributed by atoms with Crippen LogP contribution in [-0.2, 0) is 9.59 Å². The monoisotopic (exact) mass is 463 g/mol. The summed E-state index contributed by atoms with van der Waals surface area (Å²) in [5.41, 5.74) is 1.26. The largest absolute Gasteiger partial charge is 0.493 e. The lowest BCUT2D eigenvalue weighted by Crippen LogP contribution is -2.25. The van der Waals surface area contributed by atoms with E-state index in [4.69, 9.17) is 32.7 Å². The number of carbonyl (C=O) groups excluding carboxylic acids is 1. The van der Waals surface area contributed by atoms with Crippen LogP contribution in [0.3, 0.4) is 0 Å². The molecule has 8 heteroatoms. The van der Waals surface area contributed by atoms with Crippen molar-refractivity contribution >= 4 is 47.4 Å². The number of hydrogen-bond donors (Lipinski definition) is 1. The third-order valence-corrected chi connectivity index (χ3v) is 5.05. The van der Waals surface area contributed by atoms with Crippen LogP contribution in [-0.4, -0.2) is 36.4 Å². The van der Waals surface area contributed by atoms with E-state index in [2.05, 4.69) is 4.99 Å². The Kier molecular flexibility index (Phi) is 9.09. The van der Waals surface area contributed by atoms with Crippen molar-refractivity contribution < 1.29 is 24.2 Å². The number of carbonyl (C=O) groups is 2. The molecule has 0 saturated carbocycles. The van der Waals surface area contributed by atoms with Gasteiger partial charge in [-0.15, -0.1) is 0 Å². The molecule has 0 spiro atoms. The van der Waals surface area contributed by atoms with Crippen LogP contribution in [0.15, 0.2) is 47.5 Å². The van der Waals surface area contributed by atoms with Crippen molar-refractivity contribution in [2.24, 2.45) is 10.9 Å². The van der Waals surface area contributed by atoms with E-state index in [9.17, 15) is 14.7 Å². The molecule has 0 bridgehead atoms. The number of esters is 1. The van der Waals surface area contributed by atoms with Gasteiger partial charge in [-0.05, 0) is 47.4 Å². The van der Waals surface area contributed by atoms with Gasteiger partial charge in [-0.1, -0.05) is 55.6 Å². The maximum absolute atomic E-state index is 12.2. The van der Waals surface area contributed by atoms with E-state index in [1.165, 1.54) is 25.5 Å². The Balaban J connectivity index is 2.21. The van der Waals surface area contributed by atoms with Gasteiger partial charge in [0.1, 0.15) is 6.04 Å². The van der Waals surface area contributed by atoms with Crippen LogP contribution in [0.1, 0.15) is 31.4 Å². The van der Waals surface area contributed by atoms with Gasteiger partial charge in [-0.3, -0.25) is 4.99 Å². The average Bonchev–Trinajstić information content (AvgIpc) is 2.73. The molecule has 2 unspecified atom stereocenters. The fourth-order valence-electron chi connectivity index (χ4n) is 2.67. The quantitative estimate of drug-likeness (QED) is 0.228. The maximum Gasteiger partial charge on any atom is 0.336 e. The predicted molar refractivity (Wildman–Crippen MR) is 123 cm³/mol. The molecule has 0 radical (unpaired) electrons. The zero-order valence-electron chi connectivity index (χ0n) is 17.3. The number of aliphatic carboxylic acids is 1. The van der Waals surface area contributed by atoms with Gasteiger partial charge in [-0.2, -0.15) is 0 Å². The van der Waals surface area contributed by atoms with Gasteiger partial charge in [0.25, 0.3) is 0 Å². The van der Waals surface area contributed by atoms with Crippen LogP contribution >= 0.6 is 23.2 Å². The molecule has 2 rings (SSSR count). The second-order valence-electron chi connectivity index (χ2n) is 6.79. The van der Waals surface area contributed by atoms with E-state index in [1.807, 2.05) is 13.8 Å². The molecule has 1 N–H and O–H groups in total. The van der Waals surface area contributed by atoms with Crippen molar-refractivity contribution in [2.45, 2.75) is 26.3 Å². The Morgan fingerprint density at radius 1 is 1.19 bits per heavy atom. The first-order valence-corrected chi connectivity index (χ1v) is 10.3. The molecule has 0 aliphatic heterocycles. The Bertz CT molecular complexity index is 1000. The second kappa shape index (κ2) is 11.5. The first-order valence-electron chi connectivity index (χ1n) is 9.54. The molecule has 164 valence electrons. The van der Waals surface area contributed by atoms with E-state index >= 15 is 0 Å². The molecule has 6 nitrogen and oxygen atoms in total. The molecule has 2 atom stereocenters. The standard InChI is InChI=1S/C23H23Cl2NO5/c1-4-14(2)21(23(28)29)26-13-16-11-18(25)22(19(12-16)30-3)31-20(27)9-8-15-6-5-7-17(24)10-15/h5-14,21H,4H2,1-3H3,(H,28,29)/b9-8+,26-13+. The van der Waals surface area contributed by atoms with Crippen LogP contribution in [0.5, 0.6) is 11.5 Å². The molecule has 2 aromatic carbocycles. The minimum atomic E-state index is -0.999. The lowest BCUT2D eigenvalue weighted by molar-refractivity contribution is -0.139. The Hall–Kier alpha value is -2.83. The summed E-state index contributed by atoms with van der Waals surface area (Å²) in [7, 11) is 1.41. The van der Waals surface area contributed by atoms with Crippen molar-refractivity contribution in [3.05, 3.63) is 63.6 Å². The Morgan fingerprint density at radius 3 is 2.55 bits per heavy atom. The molecular weight excluding hydrogens is 441 g/mol. The highest BCUT2D eigenvalue weighted by Crippen LogP contribution is 2.36. The third kappa shape index (κ3) is 7.12. The van der Waals surface area contributed by atoms with Gasteiger partial charge in [0, 0.05) is 17.3 Å². The molecule has 0 aliphatic carbocycles. The smallest absolute Gasteiger partial charge is 0.336 e. The Morgan fingerprint density at radius 2 is 1.94 bits per heavy atom. The van der Waals surface area contributed by atoms with Crippen LogP contribution in [0.2, 0.25) is 10.0 Å². The van der Waals surface area contributed by atoms with Crippen molar-refractivity contribution in [3.8, 4) is 11.5 Å². The van der Waals surface area contributed by atoms with Gasteiger partial charge < -0.3 is 14.6 Å². The third-order valence-electron chi connectivity index (χ3n) is 4.54. The van der Waals surface area contributed by atoms with Gasteiger partial charge in [0.15, 0.2) is 11.5 Å². The maximum atomic E-state index is 12.2. The lowest BCUT2D eigenvalue weighted by atomic mass is 10.00. The number of rotatable bonds is 9. The summed E-state index contributed by atoms with van der Waals surface area (Å²) in [5, 5.41) is 10.0. The van der Waals surface area contributed by atoms with E-state index in [0.717, 1.165) is 5.56 Å². The van der Waals surface area contributed by atoms with Gasteiger partial charge in [0.2, 0.25) is 0 Å². The molecule has 0 saturated heterocycles. The second-order valence-corrected chi connectivity index (χ2v) is 7.63. The number of nitrogens with zero attached hydrogens (tertiary/aromatic N) is 1. The first-order chi connectivity index (χ1) is 14.7. The van der Waals surface area contributed by atoms with Crippen molar-refractivity contribution in [1.82, 2.24) is 0 Å². The highest BCUT2D eigenvalue weighted by molar-refractivity contribution is 6.32. The molecular formula is C23H23Cl2NO5. The van der Waals surface area contributed by atoms with Crippen LogP contribution < -0.4 is 9.47 Å². The summed E-state index contributed by atoms with van der Waals surface area (Å²) in [4.78, 5) is 27.8. The topological polar surface area (TPSA) is 85.2 Å². The fraction of sp³-hybridized carbons (Fsp3) is 0.261. The number of halogens is 2. The van der Waals surface area contributed by atoms with Gasteiger partial charge in [0.05, 0.1) is 12.1 Å². The fourth-order valence-corrected chi connectivity index (χ4v) is 3.12. The number of methoxy groups -OCH3 is 1. The number of benzene rings is 2. The number of ether oxygens (including phenoxy) is 2. The predicted octanol–water partition coefficient (Wildman–Crippen LogP) is 5.54. The van der Waals surface area contributed by atoms with Crippen LogP contribution in [0.25, 0.3) is 6.08 Å². The minimum Gasteiger partial charge on any atom is -0.493 e.